The Bertz CT molecular complexity index is 456. The molecular weight excluding hydrogens is 252 g/mol. The summed E-state index contributed by atoms with van der Waals surface area (Å²) in [5.74, 6) is 0. The van der Waals surface area contributed by atoms with Crippen LogP contribution in [0.25, 0.3) is 0 Å². The van der Waals surface area contributed by atoms with E-state index in [4.69, 9.17) is 11.6 Å². The van der Waals surface area contributed by atoms with Crippen LogP contribution >= 0.6 is 22.9 Å². The number of rotatable bonds is 5. The minimum absolute atomic E-state index is 0.236. The van der Waals surface area contributed by atoms with Gasteiger partial charge in [0.25, 0.3) is 0 Å². The van der Waals surface area contributed by atoms with Crippen LogP contribution in [0.2, 0.25) is 5.02 Å². The lowest BCUT2D eigenvalue weighted by molar-refractivity contribution is 0.549. The lowest BCUT2D eigenvalue weighted by atomic mass is 10.0. The third-order valence-corrected chi connectivity index (χ3v) is 3.74. The van der Waals surface area contributed by atoms with Gasteiger partial charge in [0.15, 0.2) is 0 Å². The van der Waals surface area contributed by atoms with E-state index in [1.165, 1.54) is 0 Å². The van der Waals surface area contributed by atoms with Crippen molar-refractivity contribution in [1.82, 2.24) is 10.3 Å². The molecule has 0 spiro atoms. The maximum absolute atomic E-state index is 6.24. The molecule has 4 heteroatoms. The summed E-state index contributed by atoms with van der Waals surface area (Å²) in [6.45, 7) is 3.02. The van der Waals surface area contributed by atoms with E-state index in [0.29, 0.717) is 0 Å². The number of likely N-dealkylation sites (N-methyl/N-ethyl adjacent to an activating group) is 1. The van der Waals surface area contributed by atoms with E-state index in [0.717, 1.165) is 28.6 Å². The molecule has 0 saturated heterocycles. The van der Waals surface area contributed by atoms with Crippen LogP contribution < -0.4 is 5.32 Å². The van der Waals surface area contributed by atoms with Crippen molar-refractivity contribution in [2.75, 3.05) is 6.54 Å². The average molecular weight is 267 g/mol. The van der Waals surface area contributed by atoms with Crippen molar-refractivity contribution in [1.29, 1.82) is 0 Å². The van der Waals surface area contributed by atoms with Gasteiger partial charge in [-0.2, -0.15) is 0 Å². The Balaban J connectivity index is 2.20. The second-order valence-corrected chi connectivity index (χ2v) is 5.15. The Kier molecular flexibility index (Phi) is 4.54. The predicted molar refractivity (Wildman–Crippen MR) is 73.7 cm³/mol. The van der Waals surface area contributed by atoms with Crippen LogP contribution in [0, 0.1) is 0 Å². The second-order valence-electron chi connectivity index (χ2n) is 3.76. The fourth-order valence-corrected chi connectivity index (χ4v) is 2.76. The zero-order chi connectivity index (χ0) is 12.1. The number of benzene rings is 1. The molecule has 0 saturated carbocycles. The topological polar surface area (TPSA) is 24.9 Å². The molecule has 2 aromatic rings. The van der Waals surface area contributed by atoms with Gasteiger partial charge in [-0.05, 0) is 18.2 Å². The van der Waals surface area contributed by atoms with E-state index in [1.54, 1.807) is 11.3 Å². The number of thiazole rings is 1. The smallest absolute Gasteiger partial charge is 0.0943 e. The molecule has 90 valence electrons. The Hall–Kier alpha value is -0.900. The van der Waals surface area contributed by atoms with Crippen LogP contribution in [0.3, 0.4) is 0 Å². The highest BCUT2D eigenvalue weighted by Crippen LogP contribution is 2.26. The SMILES string of the molecule is CCNC(Cc1nccs1)c1ccccc1Cl. The van der Waals surface area contributed by atoms with Gasteiger partial charge in [0, 0.05) is 29.1 Å². The van der Waals surface area contributed by atoms with Gasteiger partial charge in [-0.25, -0.2) is 4.98 Å². The summed E-state index contributed by atoms with van der Waals surface area (Å²) >= 11 is 7.92. The van der Waals surface area contributed by atoms with Crippen LogP contribution in [-0.4, -0.2) is 11.5 Å². The number of hydrogen-bond acceptors (Lipinski definition) is 3. The molecule has 0 aliphatic rings. The summed E-state index contributed by atoms with van der Waals surface area (Å²) in [4.78, 5) is 4.33. The van der Waals surface area contributed by atoms with Gasteiger partial charge in [0.2, 0.25) is 0 Å². The molecule has 1 atom stereocenters. The number of hydrogen-bond donors (Lipinski definition) is 1. The molecule has 2 nitrogen and oxygen atoms in total. The molecule has 2 rings (SSSR count). The normalized spacial score (nSPS) is 12.6. The number of nitrogens with zero attached hydrogens (tertiary/aromatic N) is 1. The summed E-state index contributed by atoms with van der Waals surface area (Å²) in [5.41, 5.74) is 1.14. The van der Waals surface area contributed by atoms with Crippen LogP contribution in [0.1, 0.15) is 23.5 Å². The molecule has 0 amide bonds. The molecule has 1 aromatic heterocycles. The molecule has 1 N–H and O–H groups in total. The van der Waals surface area contributed by atoms with Gasteiger partial charge in [0.1, 0.15) is 0 Å². The lowest BCUT2D eigenvalue weighted by Gasteiger charge is -2.18. The zero-order valence-corrected chi connectivity index (χ0v) is 11.3. The highest BCUT2D eigenvalue weighted by atomic mass is 35.5. The van der Waals surface area contributed by atoms with E-state index < -0.39 is 0 Å². The van der Waals surface area contributed by atoms with Gasteiger partial charge < -0.3 is 5.32 Å². The first-order valence-electron chi connectivity index (χ1n) is 5.67. The number of nitrogens with one attached hydrogen (secondary N) is 1. The molecule has 0 bridgehead atoms. The quantitative estimate of drug-likeness (QED) is 0.893. The monoisotopic (exact) mass is 266 g/mol. The third-order valence-electron chi connectivity index (χ3n) is 2.59. The van der Waals surface area contributed by atoms with Crippen molar-refractivity contribution >= 4 is 22.9 Å². The molecule has 17 heavy (non-hydrogen) atoms. The number of halogens is 1. The highest BCUT2D eigenvalue weighted by Gasteiger charge is 2.14. The second kappa shape index (κ2) is 6.15. The molecule has 0 aliphatic carbocycles. The van der Waals surface area contributed by atoms with Crippen LogP contribution in [0.5, 0.6) is 0 Å². The molecule has 0 aliphatic heterocycles. The number of aromatic nitrogens is 1. The maximum Gasteiger partial charge on any atom is 0.0943 e. The average Bonchev–Trinajstić information content (AvgIpc) is 2.82. The van der Waals surface area contributed by atoms with Crippen molar-refractivity contribution in [3.8, 4) is 0 Å². The van der Waals surface area contributed by atoms with Gasteiger partial charge >= 0.3 is 0 Å². The first kappa shape index (κ1) is 12.6. The Labute approximate surface area is 111 Å². The first-order valence-corrected chi connectivity index (χ1v) is 6.93. The fraction of sp³-hybridized carbons (Fsp3) is 0.308. The van der Waals surface area contributed by atoms with Crippen molar-refractivity contribution < 1.29 is 0 Å². The standard InChI is InChI=1S/C13H15ClN2S/c1-2-15-12(9-13-16-7-8-17-13)10-5-3-4-6-11(10)14/h3-8,12,15H,2,9H2,1H3. The van der Waals surface area contributed by atoms with Gasteiger partial charge in [-0.15, -0.1) is 11.3 Å². The van der Waals surface area contributed by atoms with Gasteiger partial charge in [-0.1, -0.05) is 36.7 Å². The van der Waals surface area contributed by atoms with Crippen molar-refractivity contribution in [3.63, 3.8) is 0 Å². The molecule has 1 heterocycles. The summed E-state index contributed by atoms with van der Waals surface area (Å²) < 4.78 is 0. The molecule has 1 unspecified atom stereocenters. The predicted octanol–water partition coefficient (Wildman–Crippen LogP) is 3.69. The Morgan fingerprint density at radius 2 is 2.24 bits per heavy atom. The molecular formula is C13H15ClN2S. The van der Waals surface area contributed by atoms with E-state index >= 15 is 0 Å². The zero-order valence-electron chi connectivity index (χ0n) is 9.69. The van der Waals surface area contributed by atoms with Crippen LogP contribution in [0.4, 0.5) is 0 Å². The molecule has 0 fully saturated rings. The van der Waals surface area contributed by atoms with Gasteiger partial charge in [-0.3, -0.25) is 0 Å². The molecule has 0 radical (unpaired) electrons. The summed E-state index contributed by atoms with van der Waals surface area (Å²) in [5, 5.41) is 7.42. The van der Waals surface area contributed by atoms with Gasteiger partial charge in [0.05, 0.1) is 5.01 Å². The van der Waals surface area contributed by atoms with E-state index in [1.807, 2.05) is 29.8 Å². The van der Waals surface area contributed by atoms with E-state index in [-0.39, 0.29) is 6.04 Å². The van der Waals surface area contributed by atoms with Crippen LogP contribution in [0.15, 0.2) is 35.8 Å². The van der Waals surface area contributed by atoms with Crippen LogP contribution in [-0.2, 0) is 6.42 Å². The minimum Gasteiger partial charge on any atom is -0.310 e. The summed E-state index contributed by atoms with van der Waals surface area (Å²) in [6.07, 6.45) is 2.73. The highest BCUT2D eigenvalue weighted by molar-refractivity contribution is 7.09. The lowest BCUT2D eigenvalue weighted by Crippen LogP contribution is -2.23. The van der Waals surface area contributed by atoms with E-state index in [2.05, 4.69) is 23.3 Å². The third kappa shape index (κ3) is 3.28. The van der Waals surface area contributed by atoms with E-state index in [9.17, 15) is 0 Å². The minimum atomic E-state index is 0.236. The summed E-state index contributed by atoms with van der Waals surface area (Å²) in [6, 6.07) is 8.22. The van der Waals surface area contributed by atoms with Crippen molar-refractivity contribution in [3.05, 3.63) is 51.4 Å². The largest absolute Gasteiger partial charge is 0.310 e. The Morgan fingerprint density at radius 1 is 1.41 bits per heavy atom. The Morgan fingerprint density at radius 3 is 2.88 bits per heavy atom. The summed E-state index contributed by atoms with van der Waals surface area (Å²) in [7, 11) is 0. The van der Waals surface area contributed by atoms with Crippen molar-refractivity contribution in [2.45, 2.75) is 19.4 Å². The first-order chi connectivity index (χ1) is 8.31. The fourth-order valence-electron chi connectivity index (χ4n) is 1.82. The molecule has 1 aromatic carbocycles. The van der Waals surface area contributed by atoms with Crippen molar-refractivity contribution in [2.24, 2.45) is 0 Å². The maximum atomic E-state index is 6.24.